The fourth-order valence-electron chi connectivity index (χ4n) is 1.75. The molecule has 0 amide bonds. The van der Waals surface area contributed by atoms with Gasteiger partial charge in [0.25, 0.3) is 0 Å². The topological polar surface area (TPSA) is 50.7 Å². The number of anilines is 1. The lowest BCUT2D eigenvalue weighted by molar-refractivity contribution is 0.807. The van der Waals surface area contributed by atoms with Crippen molar-refractivity contribution in [3.8, 4) is 11.5 Å². The maximum absolute atomic E-state index is 4.68. The van der Waals surface area contributed by atoms with E-state index in [1.54, 1.807) is 6.20 Å². The molecule has 1 N–H and O–H groups in total. The van der Waals surface area contributed by atoms with Crippen molar-refractivity contribution >= 4 is 44.3 Å². The summed E-state index contributed by atoms with van der Waals surface area (Å²) in [5.41, 5.74) is 1.84. The van der Waals surface area contributed by atoms with Crippen LogP contribution in [-0.4, -0.2) is 21.5 Å². The summed E-state index contributed by atoms with van der Waals surface area (Å²) in [5, 5.41) is 3.30. The molecule has 0 aliphatic heterocycles. The first-order valence-electron chi connectivity index (χ1n) is 6.46. The normalized spacial score (nSPS) is 10.9. The van der Waals surface area contributed by atoms with Gasteiger partial charge in [-0.3, -0.25) is 4.98 Å². The van der Waals surface area contributed by atoms with E-state index in [0.717, 1.165) is 31.8 Å². The molecule has 20 heavy (non-hydrogen) atoms. The molecular formula is C14H16BrIN4. The number of nitrogens with one attached hydrogen (secondary N) is 1. The maximum atomic E-state index is 4.68. The van der Waals surface area contributed by atoms with Crippen LogP contribution < -0.4 is 5.32 Å². The Balaban J connectivity index is 2.55. The number of nitrogens with zero attached hydrogens (tertiary/aromatic N) is 3. The van der Waals surface area contributed by atoms with Crippen molar-refractivity contribution in [1.29, 1.82) is 0 Å². The summed E-state index contributed by atoms with van der Waals surface area (Å²) in [5.74, 6) is 1.89. The Bertz CT molecular complexity index is 599. The average Bonchev–Trinajstić information content (AvgIpc) is 2.42. The van der Waals surface area contributed by atoms with E-state index < -0.39 is 0 Å². The molecule has 6 heteroatoms. The molecule has 0 aromatic carbocycles. The van der Waals surface area contributed by atoms with Crippen LogP contribution >= 0.6 is 38.5 Å². The minimum absolute atomic E-state index is 0.344. The number of halogens is 2. The van der Waals surface area contributed by atoms with Gasteiger partial charge in [-0.2, -0.15) is 0 Å². The van der Waals surface area contributed by atoms with E-state index in [4.69, 9.17) is 0 Å². The summed E-state index contributed by atoms with van der Waals surface area (Å²) in [6.45, 7) is 7.17. The van der Waals surface area contributed by atoms with Crippen LogP contribution in [0.1, 0.15) is 32.4 Å². The fourth-order valence-corrected chi connectivity index (χ4v) is 3.04. The van der Waals surface area contributed by atoms with Crippen molar-refractivity contribution < 1.29 is 0 Å². The highest BCUT2D eigenvalue weighted by Gasteiger charge is 2.16. The van der Waals surface area contributed by atoms with Crippen molar-refractivity contribution in [2.75, 3.05) is 11.9 Å². The van der Waals surface area contributed by atoms with Gasteiger partial charge in [-0.1, -0.05) is 13.8 Å². The molecule has 0 atom stereocenters. The first-order chi connectivity index (χ1) is 9.52. The van der Waals surface area contributed by atoms with Gasteiger partial charge in [-0.05, 0) is 63.5 Å². The molecule has 2 aromatic heterocycles. The monoisotopic (exact) mass is 446 g/mol. The van der Waals surface area contributed by atoms with Gasteiger partial charge in [0.05, 0.1) is 9.26 Å². The van der Waals surface area contributed by atoms with E-state index in [9.17, 15) is 0 Å². The number of hydrogen-bond acceptors (Lipinski definition) is 4. The SMILES string of the molecule is CCNc1nc(-c2ccc(Br)cn2)nc(C(C)C)c1I. The van der Waals surface area contributed by atoms with Crippen molar-refractivity contribution in [2.45, 2.75) is 26.7 Å². The van der Waals surface area contributed by atoms with Gasteiger partial charge >= 0.3 is 0 Å². The molecule has 0 saturated heterocycles. The Kier molecular flexibility index (Phi) is 5.31. The van der Waals surface area contributed by atoms with Crippen LogP contribution in [0.4, 0.5) is 5.82 Å². The number of hydrogen-bond donors (Lipinski definition) is 1. The van der Waals surface area contributed by atoms with Crippen molar-refractivity contribution in [1.82, 2.24) is 15.0 Å². The van der Waals surface area contributed by atoms with E-state index in [-0.39, 0.29) is 0 Å². The standard InChI is InChI=1S/C14H16BrIN4/c1-4-17-14-11(16)12(8(2)3)19-13(20-14)10-6-5-9(15)7-18-10/h5-8H,4H2,1-3H3,(H,17,19,20). The highest BCUT2D eigenvalue weighted by atomic mass is 127. The number of aromatic nitrogens is 3. The van der Waals surface area contributed by atoms with Gasteiger partial charge < -0.3 is 5.32 Å². The van der Waals surface area contributed by atoms with Crippen LogP contribution in [0.25, 0.3) is 11.5 Å². The molecule has 0 radical (unpaired) electrons. The van der Waals surface area contributed by atoms with E-state index in [1.807, 2.05) is 12.1 Å². The molecule has 0 aliphatic carbocycles. The quantitative estimate of drug-likeness (QED) is 0.704. The minimum Gasteiger partial charge on any atom is -0.369 e. The zero-order chi connectivity index (χ0) is 14.7. The van der Waals surface area contributed by atoms with Gasteiger partial charge in [0.1, 0.15) is 11.5 Å². The van der Waals surface area contributed by atoms with Gasteiger partial charge in [0.2, 0.25) is 0 Å². The molecule has 0 unspecified atom stereocenters. The predicted octanol–water partition coefficient (Wildman–Crippen LogP) is 4.46. The molecule has 106 valence electrons. The maximum Gasteiger partial charge on any atom is 0.180 e. The summed E-state index contributed by atoms with van der Waals surface area (Å²) in [7, 11) is 0. The second-order valence-corrected chi connectivity index (χ2v) is 6.64. The van der Waals surface area contributed by atoms with Crippen LogP contribution in [0, 0.1) is 3.57 Å². The largest absolute Gasteiger partial charge is 0.369 e. The summed E-state index contributed by atoms with van der Waals surface area (Å²) < 4.78 is 2.03. The Morgan fingerprint density at radius 3 is 2.60 bits per heavy atom. The third-order valence-electron chi connectivity index (χ3n) is 2.72. The first-order valence-corrected chi connectivity index (χ1v) is 8.33. The Hall–Kier alpha value is -0.760. The molecule has 0 aliphatic rings. The Morgan fingerprint density at radius 1 is 1.30 bits per heavy atom. The lowest BCUT2D eigenvalue weighted by atomic mass is 10.1. The zero-order valence-corrected chi connectivity index (χ0v) is 15.4. The molecule has 4 nitrogen and oxygen atoms in total. The molecule has 2 heterocycles. The fraction of sp³-hybridized carbons (Fsp3) is 0.357. The van der Waals surface area contributed by atoms with Crippen LogP contribution in [0.3, 0.4) is 0 Å². The molecule has 2 rings (SSSR count). The van der Waals surface area contributed by atoms with Crippen LogP contribution in [0.15, 0.2) is 22.8 Å². The van der Waals surface area contributed by atoms with Crippen molar-refractivity contribution in [2.24, 2.45) is 0 Å². The molecule has 0 fully saturated rings. The van der Waals surface area contributed by atoms with Crippen molar-refractivity contribution in [3.63, 3.8) is 0 Å². The van der Waals surface area contributed by atoms with Gasteiger partial charge in [0, 0.05) is 17.2 Å². The minimum atomic E-state index is 0.344. The van der Waals surface area contributed by atoms with Crippen LogP contribution in [0.2, 0.25) is 0 Å². The third kappa shape index (κ3) is 3.46. The molecule has 0 saturated carbocycles. The van der Waals surface area contributed by atoms with Crippen LogP contribution in [0.5, 0.6) is 0 Å². The zero-order valence-electron chi connectivity index (χ0n) is 11.6. The van der Waals surface area contributed by atoms with Crippen LogP contribution in [-0.2, 0) is 0 Å². The summed E-state index contributed by atoms with van der Waals surface area (Å²) in [6, 6.07) is 3.87. The highest BCUT2D eigenvalue weighted by molar-refractivity contribution is 14.1. The Labute approximate surface area is 141 Å². The summed E-state index contributed by atoms with van der Waals surface area (Å²) in [4.78, 5) is 13.7. The second kappa shape index (κ2) is 6.80. The first kappa shape index (κ1) is 15.6. The predicted molar refractivity (Wildman–Crippen MR) is 93.9 cm³/mol. The van der Waals surface area contributed by atoms with Gasteiger partial charge in [0.15, 0.2) is 5.82 Å². The summed E-state index contributed by atoms with van der Waals surface area (Å²) >= 11 is 5.70. The summed E-state index contributed by atoms with van der Waals surface area (Å²) in [6.07, 6.45) is 1.76. The van der Waals surface area contributed by atoms with E-state index >= 15 is 0 Å². The average molecular weight is 447 g/mol. The van der Waals surface area contributed by atoms with E-state index in [2.05, 4.69) is 79.6 Å². The lowest BCUT2D eigenvalue weighted by Crippen LogP contribution is -2.09. The smallest absolute Gasteiger partial charge is 0.180 e. The third-order valence-corrected chi connectivity index (χ3v) is 4.26. The molecule has 0 bridgehead atoms. The van der Waals surface area contributed by atoms with Crippen molar-refractivity contribution in [3.05, 3.63) is 32.1 Å². The number of rotatable bonds is 4. The lowest BCUT2D eigenvalue weighted by Gasteiger charge is -2.14. The number of pyridine rings is 1. The highest BCUT2D eigenvalue weighted by Crippen LogP contribution is 2.28. The van der Waals surface area contributed by atoms with E-state index in [1.165, 1.54) is 0 Å². The Morgan fingerprint density at radius 2 is 2.05 bits per heavy atom. The van der Waals surface area contributed by atoms with E-state index in [0.29, 0.717) is 11.7 Å². The molecule has 0 spiro atoms. The van der Waals surface area contributed by atoms with Gasteiger partial charge in [-0.25, -0.2) is 9.97 Å². The second-order valence-electron chi connectivity index (χ2n) is 4.64. The van der Waals surface area contributed by atoms with Gasteiger partial charge in [-0.15, -0.1) is 0 Å². The molecule has 2 aromatic rings. The molecular weight excluding hydrogens is 431 g/mol.